The Morgan fingerprint density at radius 2 is 2.06 bits per heavy atom. The van der Waals surface area contributed by atoms with Crippen LogP contribution in [0.1, 0.15) is 26.3 Å². The van der Waals surface area contributed by atoms with Gasteiger partial charge in [0.25, 0.3) is 0 Å². The zero-order valence-electron chi connectivity index (χ0n) is 11.2. The molecule has 1 unspecified atom stereocenters. The molecule has 100 valence electrons. The van der Waals surface area contributed by atoms with Crippen LogP contribution in [0.15, 0.2) is 24.3 Å². The second-order valence-electron chi connectivity index (χ2n) is 3.90. The van der Waals surface area contributed by atoms with Gasteiger partial charge in [-0.2, -0.15) is 0 Å². The van der Waals surface area contributed by atoms with Gasteiger partial charge >= 0.3 is 5.97 Å². The third-order valence-corrected chi connectivity index (χ3v) is 2.46. The van der Waals surface area contributed by atoms with E-state index in [2.05, 4.69) is 5.32 Å². The molecule has 0 saturated carbocycles. The first-order valence-corrected chi connectivity index (χ1v) is 6.30. The highest BCUT2D eigenvalue weighted by Gasteiger charge is 2.16. The van der Waals surface area contributed by atoms with E-state index in [1.807, 2.05) is 31.2 Å². The minimum Gasteiger partial charge on any atom is -0.479 e. The van der Waals surface area contributed by atoms with Gasteiger partial charge in [-0.15, -0.1) is 0 Å². The van der Waals surface area contributed by atoms with Gasteiger partial charge in [0.15, 0.2) is 6.10 Å². The Kier molecular flexibility index (Phi) is 6.22. The molecule has 1 N–H and O–H groups in total. The molecule has 0 aliphatic rings. The number of carbonyl (C=O) groups excluding carboxylic acids is 1. The van der Waals surface area contributed by atoms with Crippen molar-refractivity contribution >= 4 is 5.97 Å². The van der Waals surface area contributed by atoms with Crippen molar-refractivity contribution in [3.63, 3.8) is 0 Å². The van der Waals surface area contributed by atoms with Crippen molar-refractivity contribution < 1.29 is 14.3 Å². The van der Waals surface area contributed by atoms with Crippen molar-refractivity contribution in [2.24, 2.45) is 0 Å². The van der Waals surface area contributed by atoms with Gasteiger partial charge in [0.05, 0.1) is 6.61 Å². The average Bonchev–Trinajstić information content (AvgIpc) is 2.38. The van der Waals surface area contributed by atoms with E-state index in [1.54, 1.807) is 13.8 Å². The van der Waals surface area contributed by atoms with Crippen molar-refractivity contribution in [2.75, 3.05) is 13.2 Å². The highest BCUT2D eigenvalue weighted by molar-refractivity contribution is 5.74. The molecular formula is C14H21NO3. The summed E-state index contributed by atoms with van der Waals surface area (Å²) in [7, 11) is 0. The zero-order valence-corrected chi connectivity index (χ0v) is 11.2. The Balaban J connectivity index is 2.68. The summed E-state index contributed by atoms with van der Waals surface area (Å²) < 4.78 is 10.6. The number of hydrogen-bond donors (Lipinski definition) is 1. The lowest BCUT2D eigenvalue weighted by atomic mass is 10.2. The van der Waals surface area contributed by atoms with Crippen molar-refractivity contribution in [3.05, 3.63) is 29.8 Å². The maximum atomic E-state index is 11.5. The summed E-state index contributed by atoms with van der Waals surface area (Å²) in [6, 6.07) is 7.69. The molecule has 0 aliphatic heterocycles. The molecule has 1 aromatic carbocycles. The van der Waals surface area contributed by atoms with Crippen molar-refractivity contribution in [1.82, 2.24) is 5.32 Å². The summed E-state index contributed by atoms with van der Waals surface area (Å²) in [6.45, 7) is 7.51. The van der Waals surface area contributed by atoms with Crippen molar-refractivity contribution in [1.29, 1.82) is 0 Å². The summed E-state index contributed by atoms with van der Waals surface area (Å²) in [5, 5.41) is 3.24. The molecule has 0 aliphatic carbocycles. The van der Waals surface area contributed by atoms with Gasteiger partial charge in [-0.25, -0.2) is 4.79 Å². The summed E-state index contributed by atoms with van der Waals surface area (Å²) >= 11 is 0. The summed E-state index contributed by atoms with van der Waals surface area (Å²) in [4.78, 5) is 11.5. The van der Waals surface area contributed by atoms with Crippen molar-refractivity contribution in [3.8, 4) is 5.75 Å². The highest BCUT2D eigenvalue weighted by Crippen LogP contribution is 2.19. The zero-order chi connectivity index (χ0) is 13.4. The molecule has 0 bridgehead atoms. The van der Waals surface area contributed by atoms with Crippen LogP contribution in [0.2, 0.25) is 0 Å². The summed E-state index contributed by atoms with van der Waals surface area (Å²) in [5.41, 5.74) is 1.04. The third-order valence-electron chi connectivity index (χ3n) is 2.46. The van der Waals surface area contributed by atoms with E-state index < -0.39 is 6.10 Å². The van der Waals surface area contributed by atoms with E-state index in [1.165, 1.54) is 0 Å². The maximum absolute atomic E-state index is 11.5. The molecule has 0 aromatic heterocycles. The highest BCUT2D eigenvalue weighted by atomic mass is 16.6. The van der Waals surface area contributed by atoms with E-state index in [0.29, 0.717) is 6.61 Å². The Morgan fingerprint density at radius 3 is 2.72 bits per heavy atom. The van der Waals surface area contributed by atoms with E-state index in [9.17, 15) is 4.79 Å². The van der Waals surface area contributed by atoms with E-state index in [-0.39, 0.29) is 5.97 Å². The van der Waals surface area contributed by atoms with Gasteiger partial charge in [-0.05, 0) is 26.5 Å². The van der Waals surface area contributed by atoms with Crippen LogP contribution in [-0.2, 0) is 16.1 Å². The standard InChI is InChI=1S/C14H21NO3/c1-4-15-10-12-8-6-7-9-13(12)18-11(3)14(16)17-5-2/h6-9,11,15H,4-5,10H2,1-3H3. The number of rotatable bonds is 7. The number of nitrogens with one attached hydrogen (secondary N) is 1. The third kappa shape index (κ3) is 4.37. The SMILES string of the molecule is CCNCc1ccccc1OC(C)C(=O)OCC. The predicted octanol–water partition coefficient (Wildman–Crippen LogP) is 2.13. The van der Waals surface area contributed by atoms with Gasteiger partial charge in [-0.1, -0.05) is 25.1 Å². The second-order valence-corrected chi connectivity index (χ2v) is 3.90. The van der Waals surface area contributed by atoms with Crippen LogP contribution in [0, 0.1) is 0 Å². The lowest BCUT2D eigenvalue weighted by molar-refractivity contribution is -0.150. The Bertz CT molecular complexity index is 379. The Labute approximate surface area is 108 Å². The van der Waals surface area contributed by atoms with E-state index in [0.717, 1.165) is 24.4 Å². The first-order valence-electron chi connectivity index (χ1n) is 6.30. The van der Waals surface area contributed by atoms with Crippen LogP contribution in [0.25, 0.3) is 0 Å². The second kappa shape index (κ2) is 7.71. The normalized spacial score (nSPS) is 11.9. The molecule has 18 heavy (non-hydrogen) atoms. The molecule has 0 fully saturated rings. The Hall–Kier alpha value is -1.55. The fourth-order valence-electron chi connectivity index (χ4n) is 1.52. The lowest BCUT2D eigenvalue weighted by Gasteiger charge is -2.16. The molecule has 4 nitrogen and oxygen atoms in total. The smallest absolute Gasteiger partial charge is 0.347 e. The number of ether oxygens (including phenoxy) is 2. The van der Waals surface area contributed by atoms with Crippen LogP contribution < -0.4 is 10.1 Å². The van der Waals surface area contributed by atoms with E-state index in [4.69, 9.17) is 9.47 Å². The first kappa shape index (κ1) is 14.5. The minimum absolute atomic E-state index is 0.337. The molecule has 0 spiro atoms. The van der Waals surface area contributed by atoms with Gasteiger partial charge in [0.2, 0.25) is 0 Å². The molecule has 0 saturated heterocycles. The molecule has 1 aromatic rings. The first-order chi connectivity index (χ1) is 8.69. The average molecular weight is 251 g/mol. The van der Waals surface area contributed by atoms with Crippen LogP contribution >= 0.6 is 0 Å². The van der Waals surface area contributed by atoms with Crippen LogP contribution in [0.3, 0.4) is 0 Å². The lowest BCUT2D eigenvalue weighted by Crippen LogP contribution is -2.26. The van der Waals surface area contributed by atoms with E-state index >= 15 is 0 Å². The topological polar surface area (TPSA) is 47.6 Å². The number of benzene rings is 1. The largest absolute Gasteiger partial charge is 0.479 e. The Morgan fingerprint density at radius 1 is 1.33 bits per heavy atom. The predicted molar refractivity (Wildman–Crippen MR) is 70.5 cm³/mol. The fourth-order valence-corrected chi connectivity index (χ4v) is 1.52. The maximum Gasteiger partial charge on any atom is 0.347 e. The summed E-state index contributed by atoms with van der Waals surface area (Å²) in [5.74, 6) is 0.384. The molecule has 4 heteroatoms. The minimum atomic E-state index is -0.590. The van der Waals surface area contributed by atoms with Gasteiger partial charge in [0, 0.05) is 12.1 Å². The fraction of sp³-hybridized carbons (Fsp3) is 0.500. The molecule has 1 atom stereocenters. The van der Waals surface area contributed by atoms with Crippen LogP contribution in [-0.4, -0.2) is 25.2 Å². The van der Waals surface area contributed by atoms with Gasteiger partial charge < -0.3 is 14.8 Å². The number of carbonyl (C=O) groups is 1. The summed E-state index contributed by atoms with van der Waals surface area (Å²) in [6.07, 6.45) is -0.590. The van der Waals surface area contributed by atoms with Crippen LogP contribution in [0.4, 0.5) is 0 Å². The number of esters is 1. The van der Waals surface area contributed by atoms with Gasteiger partial charge in [-0.3, -0.25) is 0 Å². The molecule has 0 radical (unpaired) electrons. The number of para-hydroxylation sites is 1. The van der Waals surface area contributed by atoms with Gasteiger partial charge in [0.1, 0.15) is 5.75 Å². The van der Waals surface area contributed by atoms with Crippen LogP contribution in [0.5, 0.6) is 5.75 Å². The molecule has 1 rings (SSSR count). The van der Waals surface area contributed by atoms with Crippen molar-refractivity contribution in [2.45, 2.75) is 33.4 Å². The molecule has 0 amide bonds. The molecular weight excluding hydrogens is 230 g/mol. The quantitative estimate of drug-likeness (QED) is 0.754. The number of hydrogen-bond acceptors (Lipinski definition) is 4. The molecule has 0 heterocycles. The monoisotopic (exact) mass is 251 g/mol.